The van der Waals surface area contributed by atoms with Crippen molar-refractivity contribution in [2.24, 2.45) is 0 Å². The maximum absolute atomic E-state index is 13.2. The summed E-state index contributed by atoms with van der Waals surface area (Å²) in [7, 11) is 0. The lowest BCUT2D eigenvalue weighted by Gasteiger charge is -2.22. The zero-order valence-electron chi connectivity index (χ0n) is 39.6. The molecule has 0 aliphatic carbocycles. The summed E-state index contributed by atoms with van der Waals surface area (Å²) < 4.78 is 5.30. The molecule has 0 saturated heterocycles. The molecule has 382 valence electrons. The van der Waals surface area contributed by atoms with E-state index in [0.717, 1.165) is 38.9 Å². The van der Waals surface area contributed by atoms with Gasteiger partial charge in [-0.25, -0.2) is 9.59 Å². The molecule has 20 heteroatoms. The van der Waals surface area contributed by atoms with E-state index in [1.807, 2.05) is 121 Å². The van der Waals surface area contributed by atoms with Gasteiger partial charge in [0.2, 0.25) is 0 Å². The van der Waals surface area contributed by atoms with Gasteiger partial charge in [0.25, 0.3) is 11.8 Å². The van der Waals surface area contributed by atoms with Crippen LogP contribution in [-0.4, -0.2) is 104 Å². The second-order valence-electron chi connectivity index (χ2n) is 17.5. The van der Waals surface area contributed by atoms with Crippen LogP contribution in [0.5, 0.6) is 0 Å². The molecule has 0 fully saturated rings. The Morgan fingerprint density at radius 2 is 0.973 bits per heavy atom. The van der Waals surface area contributed by atoms with Crippen molar-refractivity contribution < 1.29 is 49.6 Å². The van der Waals surface area contributed by atoms with Crippen molar-refractivity contribution >= 4 is 69.0 Å². The largest absolute Gasteiger partial charge is 0.479 e. The Labute approximate surface area is 438 Å². The molecule has 2 amide bonds. The number of carbonyl (C=O) groups is 4. The standard InChI is InChI=1S/C31H27ClN4O5.C24H21ClN4O5/c32-25-8-4-7-23(16-25)22-11-9-20(10-12-22)15-26(18-29(37)31(39)41-19-21-5-2-1-3-6-21)33-30(38)24-13-14-27-28(17-24)36(40)35-34-27;25-18-3-1-2-16(11-18)15-6-4-14(5-7-15)10-19(13-22(30)24(32)33)26-23(31)17-8-9-20-21(12-17)29(34)28-27-20/h1-14,16-17,26,29,37,40H,15,18-19H2,(H,33,38);1-9,11-12,19,22,30,34H,10,13H2,(H,26,31)(H,32,33)/t26-,29-;19-,22-/m11/s1. The summed E-state index contributed by atoms with van der Waals surface area (Å²) in [4.78, 5) is 51.0. The number of carboxylic acid groups (broad SMARTS) is 1. The number of halogens is 2. The number of nitrogens with one attached hydrogen (secondary N) is 2. The Hall–Kier alpha value is -8.68. The number of rotatable bonds is 18. The zero-order valence-corrected chi connectivity index (χ0v) is 41.2. The first-order valence-electron chi connectivity index (χ1n) is 23.4. The van der Waals surface area contributed by atoms with E-state index < -0.39 is 48.0 Å². The molecule has 7 N–H and O–H groups in total. The Balaban J connectivity index is 0.000000203. The lowest BCUT2D eigenvalue weighted by atomic mass is 9.97. The molecule has 0 aliphatic rings. The summed E-state index contributed by atoms with van der Waals surface area (Å²) in [5.74, 6) is -3.08. The number of carbonyl (C=O) groups excluding carboxylic acids is 3. The Kier molecular flexibility index (Phi) is 17.1. The van der Waals surface area contributed by atoms with Crippen molar-refractivity contribution in [2.75, 3.05) is 0 Å². The van der Waals surface area contributed by atoms with Crippen molar-refractivity contribution in [3.63, 3.8) is 0 Å². The van der Waals surface area contributed by atoms with Gasteiger partial charge >= 0.3 is 11.9 Å². The van der Waals surface area contributed by atoms with Crippen LogP contribution in [0, 0.1) is 0 Å². The third-order valence-corrected chi connectivity index (χ3v) is 12.5. The maximum Gasteiger partial charge on any atom is 0.335 e. The van der Waals surface area contributed by atoms with E-state index in [9.17, 15) is 39.8 Å². The highest BCUT2D eigenvalue weighted by Gasteiger charge is 2.26. The van der Waals surface area contributed by atoms with Gasteiger partial charge in [-0.2, -0.15) is 0 Å². The first kappa shape index (κ1) is 52.6. The van der Waals surface area contributed by atoms with Crippen molar-refractivity contribution in [3.8, 4) is 22.3 Å². The first-order valence-corrected chi connectivity index (χ1v) is 24.1. The van der Waals surface area contributed by atoms with E-state index in [2.05, 4.69) is 31.3 Å². The minimum Gasteiger partial charge on any atom is -0.479 e. The lowest BCUT2D eigenvalue weighted by Crippen LogP contribution is -2.41. The Morgan fingerprint density at radius 3 is 1.41 bits per heavy atom. The number of aliphatic hydroxyl groups excluding tert-OH is 2. The summed E-state index contributed by atoms with van der Waals surface area (Å²) in [5, 5.41) is 70.9. The summed E-state index contributed by atoms with van der Waals surface area (Å²) in [6.07, 6.45) is -2.71. The smallest absolute Gasteiger partial charge is 0.335 e. The first-order chi connectivity index (χ1) is 36.1. The molecule has 0 radical (unpaired) electrons. The second kappa shape index (κ2) is 24.4. The number of carboxylic acids is 1. The Morgan fingerprint density at radius 1 is 0.520 bits per heavy atom. The molecule has 0 saturated carbocycles. The highest BCUT2D eigenvalue weighted by Crippen LogP contribution is 2.26. The number of aromatic nitrogens is 6. The topological polar surface area (TPSA) is 264 Å². The monoisotopic (exact) mass is 1050 g/mol. The van der Waals surface area contributed by atoms with Gasteiger partial charge < -0.3 is 41.1 Å². The van der Waals surface area contributed by atoms with Gasteiger partial charge in [-0.05, 0) is 123 Å². The zero-order chi connectivity index (χ0) is 53.0. The highest BCUT2D eigenvalue weighted by molar-refractivity contribution is 6.31. The third-order valence-electron chi connectivity index (χ3n) is 12.0. The minimum absolute atomic E-state index is 0.0294. The molecule has 0 bridgehead atoms. The van der Waals surface area contributed by atoms with Gasteiger partial charge in [-0.1, -0.05) is 136 Å². The summed E-state index contributed by atoms with van der Waals surface area (Å²) >= 11 is 12.2. The van der Waals surface area contributed by atoms with Gasteiger partial charge in [0.1, 0.15) is 28.7 Å². The fraction of sp³-hybridized carbons (Fsp3) is 0.164. The van der Waals surface area contributed by atoms with Gasteiger partial charge in [0.15, 0.2) is 12.2 Å². The van der Waals surface area contributed by atoms with Crippen LogP contribution in [0.1, 0.15) is 50.2 Å². The fourth-order valence-electron chi connectivity index (χ4n) is 8.15. The molecule has 0 unspecified atom stereocenters. The SMILES string of the molecule is O=C(N[C@H](Cc1ccc(-c2cccc(Cl)c2)cc1)C[C@@H](O)C(=O)O)c1ccc2nnn(O)c2c1.O=C(N[C@H](Cc1ccc(-c2cccc(Cl)c2)cc1)C[C@@H](O)C(=O)OCc1ccccc1)c1ccc2nnn(O)c2c1. The van der Waals surface area contributed by atoms with Crippen LogP contribution < -0.4 is 10.6 Å². The number of hydrogen-bond donors (Lipinski definition) is 7. The van der Waals surface area contributed by atoms with Gasteiger partial charge in [-0.3, -0.25) is 9.59 Å². The number of amides is 2. The van der Waals surface area contributed by atoms with Crippen LogP contribution in [0.3, 0.4) is 0 Å². The molecule has 0 aliphatic heterocycles. The predicted octanol–water partition coefficient (Wildman–Crippen LogP) is 7.99. The van der Waals surface area contributed by atoms with Crippen LogP contribution >= 0.6 is 23.2 Å². The molecule has 0 spiro atoms. The molecule has 4 atom stereocenters. The van der Waals surface area contributed by atoms with E-state index in [-0.39, 0.29) is 41.6 Å². The minimum atomic E-state index is -1.64. The quantitative estimate of drug-likeness (QED) is 0.0317. The normalized spacial score (nSPS) is 12.7. The molecule has 2 aromatic heterocycles. The molecule has 18 nitrogen and oxygen atoms in total. The van der Waals surface area contributed by atoms with E-state index in [4.69, 9.17) is 33.0 Å². The van der Waals surface area contributed by atoms with Crippen LogP contribution in [0.25, 0.3) is 44.3 Å². The van der Waals surface area contributed by atoms with E-state index in [0.29, 0.717) is 43.6 Å². The Bertz CT molecular complexity index is 3450. The number of benzene rings is 7. The molecule has 75 heavy (non-hydrogen) atoms. The molecule has 2 heterocycles. The predicted molar refractivity (Wildman–Crippen MR) is 278 cm³/mol. The molecular weight excluding hydrogens is 1000 g/mol. The molecule has 9 aromatic rings. The van der Waals surface area contributed by atoms with Crippen LogP contribution in [0.2, 0.25) is 10.0 Å². The number of nitrogens with zero attached hydrogens (tertiary/aromatic N) is 6. The molecular formula is C55H48Cl2N8O10. The summed E-state index contributed by atoms with van der Waals surface area (Å²) in [5.41, 5.74) is 8.26. The second-order valence-corrected chi connectivity index (χ2v) is 18.3. The van der Waals surface area contributed by atoms with Crippen molar-refractivity contribution in [1.82, 2.24) is 40.9 Å². The number of ether oxygens (including phenoxy) is 1. The number of aliphatic carboxylic acids is 1. The summed E-state index contributed by atoms with van der Waals surface area (Å²) in [6, 6.07) is 47.3. The lowest BCUT2D eigenvalue weighted by molar-refractivity contribution is -0.155. The van der Waals surface area contributed by atoms with Crippen LogP contribution in [0.15, 0.2) is 164 Å². The van der Waals surface area contributed by atoms with Crippen molar-refractivity contribution in [3.05, 3.63) is 202 Å². The summed E-state index contributed by atoms with van der Waals surface area (Å²) in [6.45, 7) is 0.0294. The number of hydrogen-bond acceptors (Lipinski definition) is 13. The molecule has 7 aromatic carbocycles. The van der Waals surface area contributed by atoms with Gasteiger partial charge in [-0.15, -0.1) is 10.2 Å². The van der Waals surface area contributed by atoms with E-state index >= 15 is 0 Å². The van der Waals surface area contributed by atoms with Crippen LogP contribution in [0.4, 0.5) is 0 Å². The highest BCUT2D eigenvalue weighted by atomic mass is 35.5. The fourth-order valence-corrected chi connectivity index (χ4v) is 8.53. The third kappa shape index (κ3) is 14.1. The number of esters is 1. The molecule has 9 rings (SSSR count). The van der Waals surface area contributed by atoms with Gasteiger partial charge in [0.05, 0.1) is 0 Å². The van der Waals surface area contributed by atoms with Crippen LogP contribution in [-0.2, 0) is 33.8 Å². The number of aliphatic hydroxyl groups is 2. The van der Waals surface area contributed by atoms with E-state index in [1.165, 1.54) is 18.2 Å². The number of fused-ring (bicyclic) bond motifs is 2. The average molecular weight is 1050 g/mol. The van der Waals surface area contributed by atoms with Crippen molar-refractivity contribution in [2.45, 2.75) is 56.6 Å². The van der Waals surface area contributed by atoms with Gasteiger partial charge in [0, 0.05) is 46.1 Å². The maximum atomic E-state index is 13.2. The average Bonchev–Trinajstić information content (AvgIpc) is 3.98. The van der Waals surface area contributed by atoms with Crippen molar-refractivity contribution in [1.29, 1.82) is 0 Å². The van der Waals surface area contributed by atoms with E-state index in [1.54, 1.807) is 24.3 Å².